The lowest BCUT2D eigenvalue weighted by molar-refractivity contribution is 0.281. The molecule has 0 radical (unpaired) electrons. The van der Waals surface area contributed by atoms with Crippen molar-refractivity contribution in [3.63, 3.8) is 0 Å². The zero-order valence-electron chi connectivity index (χ0n) is 10.4. The molecule has 4 nitrogen and oxygen atoms in total. The third kappa shape index (κ3) is 1.96. The van der Waals surface area contributed by atoms with Gasteiger partial charge < -0.3 is 5.11 Å². The Labute approximate surface area is 101 Å². The van der Waals surface area contributed by atoms with Gasteiger partial charge in [-0.15, -0.1) is 0 Å². The van der Waals surface area contributed by atoms with E-state index in [-0.39, 0.29) is 6.61 Å². The lowest BCUT2D eigenvalue weighted by Crippen LogP contribution is -2.04. The molecule has 0 aliphatic heterocycles. The number of rotatable bonds is 3. The van der Waals surface area contributed by atoms with Crippen LogP contribution in [0.3, 0.4) is 0 Å². The lowest BCUT2D eigenvalue weighted by Gasteiger charge is -2.08. The molecule has 0 aromatic carbocycles. The Bertz CT molecular complexity index is 531. The highest BCUT2D eigenvalue weighted by Crippen LogP contribution is 2.20. The summed E-state index contributed by atoms with van der Waals surface area (Å²) < 4.78 is 1.89. The molecule has 2 heterocycles. The third-order valence-corrected chi connectivity index (χ3v) is 3.07. The van der Waals surface area contributed by atoms with Crippen LogP contribution in [0.2, 0.25) is 0 Å². The van der Waals surface area contributed by atoms with Crippen LogP contribution in [0.5, 0.6) is 0 Å². The summed E-state index contributed by atoms with van der Waals surface area (Å²) in [5.41, 5.74) is 5.14. The molecular weight excluding hydrogens is 214 g/mol. The van der Waals surface area contributed by atoms with Gasteiger partial charge in [-0.05, 0) is 31.9 Å². The van der Waals surface area contributed by atoms with Crippen molar-refractivity contribution in [3.8, 4) is 5.69 Å². The highest BCUT2D eigenvalue weighted by atomic mass is 16.3. The molecule has 0 bridgehead atoms. The Morgan fingerprint density at radius 1 is 1.35 bits per heavy atom. The molecule has 0 spiro atoms. The standard InChI is InChI=1S/C13H17N3O/c1-4-12-9(2)15-16(10(12)3)13-5-6-14-7-11(13)8-17/h5-7,17H,4,8H2,1-3H3. The molecule has 1 N–H and O–H groups in total. The van der Waals surface area contributed by atoms with Crippen molar-refractivity contribution >= 4 is 0 Å². The fourth-order valence-electron chi connectivity index (χ4n) is 2.17. The smallest absolute Gasteiger partial charge is 0.0734 e. The quantitative estimate of drug-likeness (QED) is 0.878. The summed E-state index contributed by atoms with van der Waals surface area (Å²) in [4.78, 5) is 4.02. The molecule has 90 valence electrons. The van der Waals surface area contributed by atoms with Crippen LogP contribution >= 0.6 is 0 Å². The first-order valence-corrected chi connectivity index (χ1v) is 5.78. The molecule has 2 aromatic rings. The van der Waals surface area contributed by atoms with Crippen molar-refractivity contribution in [2.75, 3.05) is 0 Å². The number of nitrogens with zero attached hydrogens (tertiary/aromatic N) is 3. The van der Waals surface area contributed by atoms with E-state index in [1.54, 1.807) is 12.4 Å². The van der Waals surface area contributed by atoms with Crippen LogP contribution in [0.25, 0.3) is 5.69 Å². The SMILES string of the molecule is CCc1c(C)nn(-c2ccncc2CO)c1C. The minimum atomic E-state index is -0.0248. The van der Waals surface area contributed by atoms with Crippen molar-refractivity contribution in [1.29, 1.82) is 0 Å². The third-order valence-electron chi connectivity index (χ3n) is 3.07. The molecule has 0 aliphatic rings. The number of aliphatic hydroxyl groups excluding tert-OH is 1. The zero-order valence-corrected chi connectivity index (χ0v) is 10.4. The number of aliphatic hydroxyl groups is 1. The Morgan fingerprint density at radius 2 is 2.12 bits per heavy atom. The molecule has 0 atom stereocenters. The van der Waals surface area contributed by atoms with Gasteiger partial charge in [0.1, 0.15) is 0 Å². The molecule has 4 heteroatoms. The fourth-order valence-corrected chi connectivity index (χ4v) is 2.17. The second-order valence-electron chi connectivity index (χ2n) is 4.08. The van der Waals surface area contributed by atoms with E-state index >= 15 is 0 Å². The van der Waals surface area contributed by atoms with Gasteiger partial charge in [0.2, 0.25) is 0 Å². The molecule has 0 fully saturated rings. The summed E-state index contributed by atoms with van der Waals surface area (Å²) in [6.45, 7) is 6.17. The minimum absolute atomic E-state index is 0.0248. The summed E-state index contributed by atoms with van der Waals surface area (Å²) in [5.74, 6) is 0. The normalized spacial score (nSPS) is 10.8. The number of hydrogen-bond acceptors (Lipinski definition) is 3. The monoisotopic (exact) mass is 231 g/mol. The molecular formula is C13H17N3O. The van der Waals surface area contributed by atoms with Gasteiger partial charge in [-0.1, -0.05) is 6.92 Å². The fraction of sp³-hybridized carbons (Fsp3) is 0.385. The molecule has 17 heavy (non-hydrogen) atoms. The van der Waals surface area contributed by atoms with Crippen LogP contribution in [0, 0.1) is 13.8 Å². The first kappa shape index (κ1) is 11.8. The average molecular weight is 231 g/mol. The zero-order chi connectivity index (χ0) is 12.4. The maximum atomic E-state index is 9.32. The second kappa shape index (κ2) is 4.67. The Kier molecular flexibility index (Phi) is 3.24. The predicted octanol–water partition coefficient (Wildman–Crippen LogP) is 1.94. The largest absolute Gasteiger partial charge is 0.392 e. The first-order chi connectivity index (χ1) is 8.19. The topological polar surface area (TPSA) is 50.9 Å². The molecule has 2 aromatic heterocycles. The van der Waals surface area contributed by atoms with Crippen LogP contribution < -0.4 is 0 Å². The maximum absolute atomic E-state index is 9.32. The van der Waals surface area contributed by atoms with Gasteiger partial charge in [-0.25, -0.2) is 4.68 Å². The number of aryl methyl sites for hydroxylation is 1. The van der Waals surface area contributed by atoms with E-state index in [0.29, 0.717) is 0 Å². The van der Waals surface area contributed by atoms with Crippen molar-refractivity contribution in [2.24, 2.45) is 0 Å². The Balaban J connectivity index is 2.61. The van der Waals surface area contributed by atoms with Gasteiger partial charge in [0.25, 0.3) is 0 Å². The van der Waals surface area contributed by atoms with E-state index < -0.39 is 0 Å². The average Bonchev–Trinajstić information content (AvgIpc) is 2.64. The molecule has 0 saturated heterocycles. The van der Waals surface area contributed by atoms with Crippen LogP contribution in [0.15, 0.2) is 18.5 Å². The molecule has 0 unspecified atom stereocenters. The van der Waals surface area contributed by atoms with Gasteiger partial charge in [0.15, 0.2) is 0 Å². The summed E-state index contributed by atoms with van der Waals surface area (Å²) in [6, 6.07) is 1.88. The van der Waals surface area contributed by atoms with E-state index in [1.165, 1.54) is 5.56 Å². The van der Waals surface area contributed by atoms with Crippen molar-refractivity contribution in [3.05, 3.63) is 41.0 Å². The number of pyridine rings is 1. The van der Waals surface area contributed by atoms with Crippen molar-refractivity contribution in [1.82, 2.24) is 14.8 Å². The Morgan fingerprint density at radius 3 is 2.71 bits per heavy atom. The van der Waals surface area contributed by atoms with Crippen LogP contribution in [0.1, 0.15) is 29.4 Å². The van der Waals surface area contributed by atoms with Gasteiger partial charge in [0.05, 0.1) is 18.0 Å². The second-order valence-corrected chi connectivity index (χ2v) is 4.08. The molecule has 0 amide bonds. The van der Waals surface area contributed by atoms with Gasteiger partial charge in [-0.3, -0.25) is 4.98 Å². The summed E-state index contributed by atoms with van der Waals surface area (Å²) in [7, 11) is 0. The highest BCUT2D eigenvalue weighted by molar-refractivity contribution is 5.41. The summed E-state index contributed by atoms with van der Waals surface area (Å²) in [6.07, 6.45) is 4.37. The molecule has 2 rings (SSSR count). The van der Waals surface area contributed by atoms with E-state index in [9.17, 15) is 5.11 Å². The van der Waals surface area contributed by atoms with E-state index in [4.69, 9.17) is 0 Å². The van der Waals surface area contributed by atoms with E-state index in [0.717, 1.165) is 29.1 Å². The van der Waals surface area contributed by atoms with Gasteiger partial charge in [0, 0.05) is 23.7 Å². The Hall–Kier alpha value is -1.68. The van der Waals surface area contributed by atoms with Crippen LogP contribution in [-0.4, -0.2) is 19.9 Å². The van der Waals surface area contributed by atoms with Crippen LogP contribution in [-0.2, 0) is 13.0 Å². The molecule has 0 aliphatic carbocycles. The van der Waals surface area contributed by atoms with Crippen LogP contribution in [0.4, 0.5) is 0 Å². The van der Waals surface area contributed by atoms with Crippen molar-refractivity contribution in [2.45, 2.75) is 33.8 Å². The first-order valence-electron chi connectivity index (χ1n) is 5.78. The summed E-state index contributed by atoms with van der Waals surface area (Å²) in [5, 5.41) is 13.9. The van der Waals surface area contributed by atoms with Crippen molar-refractivity contribution < 1.29 is 5.11 Å². The lowest BCUT2D eigenvalue weighted by atomic mass is 10.1. The molecule has 0 saturated carbocycles. The van der Waals surface area contributed by atoms with Gasteiger partial charge in [-0.2, -0.15) is 5.10 Å². The predicted molar refractivity (Wildman–Crippen MR) is 66.1 cm³/mol. The highest BCUT2D eigenvalue weighted by Gasteiger charge is 2.13. The maximum Gasteiger partial charge on any atom is 0.0734 e. The summed E-state index contributed by atoms with van der Waals surface area (Å²) >= 11 is 0. The van der Waals surface area contributed by atoms with E-state index in [1.807, 2.05) is 17.7 Å². The number of aromatic nitrogens is 3. The number of hydrogen-bond donors (Lipinski definition) is 1. The van der Waals surface area contributed by atoms with E-state index in [2.05, 4.69) is 23.9 Å². The minimum Gasteiger partial charge on any atom is -0.392 e. The van der Waals surface area contributed by atoms with Gasteiger partial charge >= 0.3 is 0 Å².